The summed E-state index contributed by atoms with van der Waals surface area (Å²) in [6.07, 6.45) is 9.91. The lowest BCUT2D eigenvalue weighted by atomic mass is 9.94. The lowest BCUT2D eigenvalue weighted by molar-refractivity contribution is -0.136. The quantitative estimate of drug-likeness (QED) is 0.833. The molecular formula is C17H23N5O2. The first-order chi connectivity index (χ1) is 11.7. The van der Waals surface area contributed by atoms with Gasteiger partial charge in [0.05, 0.1) is 5.69 Å². The van der Waals surface area contributed by atoms with Gasteiger partial charge in [0.1, 0.15) is 12.4 Å². The summed E-state index contributed by atoms with van der Waals surface area (Å²) >= 11 is 0. The Morgan fingerprint density at radius 1 is 1.29 bits per heavy atom. The topological polar surface area (TPSA) is 73.1 Å². The van der Waals surface area contributed by atoms with E-state index in [4.69, 9.17) is 4.74 Å². The summed E-state index contributed by atoms with van der Waals surface area (Å²) in [5.74, 6) is 1.98. The Balaban J connectivity index is 1.88. The standard InChI is InChI=1S/C17H23N5O2/c1-3-14-18-8-10-22(14)17-16(19-6-7-20-17)13-5-4-9-21(11-13)15(23)12-24-2/h6-8,10,13H,3-5,9,11-12H2,1-2H3. The molecule has 1 fully saturated rings. The molecule has 1 amide bonds. The SMILES string of the molecule is CCc1nccn1-c1nccnc1C1CCCN(C(=O)COC)C1. The van der Waals surface area contributed by atoms with Crippen molar-refractivity contribution in [2.24, 2.45) is 0 Å². The number of carbonyl (C=O) groups excluding carboxylic acids is 1. The molecule has 24 heavy (non-hydrogen) atoms. The number of nitrogens with zero attached hydrogens (tertiary/aromatic N) is 5. The summed E-state index contributed by atoms with van der Waals surface area (Å²) in [6.45, 7) is 3.63. The number of imidazole rings is 1. The predicted octanol–water partition coefficient (Wildman–Crippen LogP) is 1.58. The van der Waals surface area contributed by atoms with Gasteiger partial charge < -0.3 is 9.64 Å². The number of aromatic nitrogens is 4. The van der Waals surface area contributed by atoms with Crippen LogP contribution in [0.1, 0.15) is 37.2 Å². The molecule has 1 aliphatic rings. The van der Waals surface area contributed by atoms with Crippen LogP contribution >= 0.6 is 0 Å². The third-order valence-electron chi connectivity index (χ3n) is 4.40. The summed E-state index contributed by atoms with van der Waals surface area (Å²) < 4.78 is 6.98. The Hall–Kier alpha value is -2.28. The molecule has 128 valence electrons. The molecule has 0 N–H and O–H groups in total. The number of methoxy groups -OCH3 is 1. The fourth-order valence-corrected chi connectivity index (χ4v) is 3.25. The van der Waals surface area contributed by atoms with E-state index < -0.39 is 0 Å². The Kier molecular flexibility index (Phi) is 5.20. The first-order valence-corrected chi connectivity index (χ1v) is 8.34. The fraction of sp³-hybridized carbons (Fsp3) is 0.529. The van der Waals surface area contributed by atoms with E-state index in [1.807, 2.05) is 15.7 Å². The Morgan fingerprint density at radius 3 is 2.92 bits per heavy atom. The maximum absolute atomic E-state index is 12.1. The summed E-state index contributed by atoms with van der Waals surface area (Å²) in [5, 5.41) is 0. The molecule has 0 spiro atoms. The smallest absolute Gasteiger partial charge is 0.248 e. The van der Waals surface area contributed by atoms with Gasteiger partial charge in [-0.05, 0) is 12.8 Å². The molecule has 0 aromatic carbocycles. The molecule has 0 aliphatic carbocycles. The predicted molar refractivity (Wildman–Crippen MR) is 89.0 cm³/mol. The van der Waals surface area contributed by atoms with E-state index in [1.165, 1.54) is 0 Å². The van der Waals surface area contributed by atoms with Crippen molar-refractivity contribution in [2.75, 3.05) is 26.8 Å². The van der Waals surface area contributed by atoms with Gasteiger partial charge in [0.25, 0.3) is 0 Å². The number of ether oxygens (including phenoxy) is 1. The lowest BCUT2D eigenvalue weighted by Crippen LogP contribution is -2.41. The van der Waals surface area contributed by atoms with Crippen LogP contribution in [0.15, 0.2) is 24.8 Å². The third-order valence-corrected chi connectivity index (χ3v) is 4.40. The van der Waals surface area contributed by atoms with Crippen molar-refractivity contribution in [3.05, 3.63) is 36.3 Å². The van der Waals surface area contributed by atoms with E-state index in [-0.39, 0.29) is 18.4 Å². The normalized spacial score (nSPS) is 17.9. The van der Waals surface area contributed by atoms with Gasteiger partial charge in [-0.1, -0.05) is 6.92 Å². The Bertz CT molecular complexity index is 700. The molecule has 2 aromatic heterocycles. The van der Waals surface area contributed by atoms with E-state index in [1.54, 1.807) is 25.7 Å². The van der Waals surface area contributed by atoms with Crippen LogP contribution in [-0.4, -0.2) is 57.1 Å². The first-order valence-electron chi connectivity index (χ1n) is 8.34. The zero-order chi connectivity index (χ0) is 16.9. The zero-order valence-corrected chi connectivity index (χ0v) is 14.2. The van der Waals surface area contributed by atoms with Gasteiger partial charge in [-0.3, -0.25) is 14.3 Å². The molecule has 0 saturated carbocycles. The highest BCUT2D eigenvalue weighted by atomic mass is 16.5. The van der Waals surface area contributed by atoms with Crippen LogP contribution in [0.4, 0.5) is 0 Å². The summed E-state index contributed by atoms with van der Waals surface area (Å²) in [5.41, 5.74) is 0.931. The monoisotopic (exact) mass is 329 g/mol. The van der Waals surface area contributed by atoms with Gasteiger partial charge >= 0.3 is 0 Å². The Labute approximate surface area is 141 Å². The highest BCUT2D eigenvalue weighted by Gasteiger charge is 2.28. The Morgan fingerprint density at radius 2 is 2.12 bits per heavy atom. The second-order valence-corrected chi connectivity index (χ2v) is 5.94. The third kappa shape index (κ3) is 3.31. The van der Waals surface area contributed by atoms with Crippen LogP contribution in [0.25, 0.3) is 5.82 Å². The second kappa shape index (κ2) is 7.53. The molecule has 7 heteroatoms. The summed E-state index contributed by atoms with van der Waals surface area (Å²) in [7, 11) is 1.55. The van der Waals surface area contributed by atoms with Crippen molar-refractivity contribution >= 4 is 5.91 Å². The summed E-state index contributed by atoms with van der Waals surface area (Å²) in [4.78, 5) is 27.5. The average Bonchev–Trinajstić information content (AvgIpc) is 3.10. The number of hydrogen-bond donors (Lipinski definition) is 0. The van der Waals surface area contributed by atoms with Crippen LogP contribution in [0.2, 0.25) is 0 Å². The highest BCUT2D eigenvalue weighted by Crippen LogP contribution is 2.29. The molecule has 1 atom stereocenters. The maximum atomic E-state index is 12.1. The molecular weight excluding hydrogens is 306 g/mol. The first kappa shape index (κ1) is 16.6. The van der Waals surface area contributed by atoms with Crippen molar-refractivity contribution in [3.63, 3.8) is 0 Å². The lowest BCUT2D eigenvalue weighted by Gasteiger charge is -2.33. The van der Waals surface area contributed by atoms with Crippen LogP contribution in [0.5, 0.6) is 0 Å². The van der Waals surface area contributed by atoms with E-state index in [2.05, 4.69) is 21.9 Å². The molecule has 1 saturated heterocycles. The summed E-state index contributed by atoms with van der Waals surface area (Å²) in [6, 6.07) is 0. The molecule has 0 radical (unpaired) electrons. The number of aryl methyl sites for hydroxylation is 1. The fourth-order valence-electron chi connectivity index (χ4n) is 3.25. The minimum Gasteiger partial charge on any atom is -0.375 e. The average molecular weight is 329 g/mol. The molecule has 0 bridgehead atoms. The van der Waals surface area contributed by atoms with E-state index in [0.29, 0.717) is 6.54 Å². The molecule has 7 nitrogen and oxygen atoms in total. The van der Waals surface area contributed by atoms with E-state index in [9.17, 15) is 4.79 Å². The molecule has 1 aliphatic heterocycles. The minimum atomic E-state index is 0.0320. The van der Waals surface area contributed by atoms with Gasteiger partial charge in [-0.25, -0.2) is 9.97 Å². The molecule has 1 unspecified atom stereocenters. The molecule has 3 heterocycles. The van der Waals surface area contributed by atoms with E-state index >= 15 is 0 Å². The van der Waals surface area contributed by atoms with Crippen LogP contribution < -0.4 is 0 Å². The van der Waals surface area contributed by atoms with Crippen LogP contribution in [0, 0.1) is 0 Å². The zero-order valence-electron chi connectivity index (χ0n) is 14.2. The second-order valence-electron chi connectivity index (χ2n) is 5.94. The number of carbonyl (C=O) groups is 1. The van der Waals surface area contributed by atoms with Crippen molar-refractivity contribution in [1.82, 2.24) is 24.4 Å². The van der Waals surface area contributed by atoms with Crippen molar-refractivity contribution < 1.29 is 9.53 Å². The van der Waals surface area contributed by atoms with Crippen LogP contribution in [0.3, 0.4) is 0 Å². The van der Waals surface area contributed by atoms with Crippen LogP contribution in [-0.2, 0) is 16.0 Å². The number of piperidine rings is 1. The minimum absolute atomic E-state index is 0.0320. The van der Waals surface area contributed by atoms with E-state index in [0.717, 1.165) is 43.1 Å². The van der Waals surface area contributed by atoms with Gasteiger partial charge in [0.15, 0.2) is 5.82 Å². The molecule has 2 aromatic rings. The highest BCUT2D eigenvalue weighted by molar-refractivity contribution is 5.77. The van der Waals surface area contributed by atoms with Crippen molar-refractivity contribution in [1.29, 1.82) is 0 Å². The van der Waals surface area contributed by atoms with Gasteiger partial charge in [0.2, 0.25) is 5.91 Å². The van der Waals surface area contributed by atoms with Gasteiger partial charge in [-0.2, -0.15) is 0 Å². The van der Waals surface area contributed by atoms with Gasteiger partial charge in [-0.15, -0.1) is 0 Å². The number of amides is 1. The van der Waals surface area contributed by atoms with Crippen molar-refractivity contribution in [2.45, 2.75) is 32.1 Å². The number of hydrogen-bond acceptors (Lipinski definition) is 5. The van der Waals surface area contributed by atoms with Gasteiger partial charge in [0, 0.05) is 57.3 Å². The van der Waals surface area contributed by atoms with Crippen molar-refractivity contribution in [3.8, 4) is 5.82 Å². The number of likely N-dealkylation sites (tertiary alicyclic amines) is 1. The number of rotatable bonds is 5. The maximum Gasteiger partial charge on any atom is 0.248 e. The largest absolute Gasteiger partial charge is 0.375 e. The molecule has 3 rings (SSSR count).